The first-order chi connectivity index (χ1) is 19.0. The first kappa shape index (κ1) is 27.2. The van der Waals surface area contributed by atoms with E-state index in [2.05, 4.69) is 17.1 Å². The summed E-state index contributed by atoms with van der Waals surface area (Å²) in [7, 11) is 0. The number of piperidine rings is 1. The third-order valence-corrected chi connectivity index (χ3v) is 8.45. The molecular weight excluding hydrogens is 509 g/mol. The summed E-state index contributed by atoms with van der Waals surface area (Å²) < 4.78 is 13.4. The molecule has 0 bridgehead atoms. The Morgan fingerprint density at radius 2 is 1.74 bits per heavy atom. The van der Waals surface area contributed by atoms with E-state index in [-0.39, 0.29) is 17.6 Å². The van der Waals surface area contributed by atoms with Crippen LogP contribution in [0, 0.1) is 11.7 Å². The Bertz CT molecular complexity index is 1330. The molecule has 3 aromatic rings. The molecule has 39 heavy (non-hydrogen) atoms. The first-order valence-electron chi connectivity index (χ1n) is 13.6. The van der Waals surface area contributed by atoms with E-state index < -0.39 is 0 Å². The van der Waals surface area contributed by atoms with Crippen LogP contribution in [0.15, 0.2) is 82.6 Å². The molecule has 7 heteroatoms. The van der Waals surface area contributed by atoms with Gasteiger partial charge in [0.1, 0.15) is 5.82 Å². The normalized spacial score (nSPS) is 17.3. The van der Waals surface area contributed by atoms with Crippen molar-refractivity contribution < 1.29 is 14.0 Å². The van der Waals surface area contributed by atoms with Crippen LogP contribution in [0.2, 0.25) is 0 Å². The number of anilines is 1. The lowest BCUT2D eigenvalue weighted by atomic mass is 9.99. The quantitative estimate of drug-likeness (QED) is 0.265. The Hall–Kier alpha value is -3.42. The number of carbonyl (C=O) groups excluding carboxylic acids is 2. The second-order valence-electron chi connectivity index (χ2n) is 10.4. The molecule has 0 spiro atoms. The molecule has 0 saturated carbocycles. The van der Waals surface area contributed by atoms with E-state index in [9.17, 15) is 14.0 Å². The Balaban J connectivity index is 1.21. The minimum Gasteiger partial charge on any atom is -0.352 e. The van der Waals surface area contributed by atoms with Crippen LogP contribution in [0.3, 0.4) is 0 Å². The zero-order valence-corrected chi connectivity index (χ0v) is 23.1. The number of rotatable bonds is 8. The van der Waals surface area contributed by atoms with Gasteiger partial charge in [-0.25, -0.2) is 4.39 Å². The average Bonchev–Trinajstić information content (AvgIpc) is 2.95. The maximum atomic E-state index is 13.5. The van der Waals surface area contributed by atoms with Crippen LogP contribution in [0.1, 0.15) is 47.7 Å². The molecule has 5 nitrogen and oxygen atoms in total. The van der Waals surface area contributed by atoms with Crippen molar-refractivity contribution in [2.24, 2.45) is 5.92 Å². The maximum absolute atomic E-state index is 13.5. The number of hydrogen-bond donors (Lipinski definition) is 1. The molecule has 5 rings (SSSR count). The average molecular weight is 544 g/mol. The first-order valence-corrected chi connectivity index (χ1v) is 14.4. The number of nitrogens with zero attached hydrogens (tertiary/aromatic N) is 2. The SMILES string of the molecule is CC1CCN(CCCNC(=O)c2ccc(/C=C3\Sc4ccccc4N(Cc4ccc(F)cc4)C3=O)cc2)CC1. The highest BCUT2D eigenvalue weighted by atomic mass is 32.2. The molecular formula is C32H34FN3O2S. The zero-order valence-electron chi connectivity index (χ0n) is 22.2. The number of halogens is 1. The van der Waals surface area contributed by atoms with Crippen molar-refractivity contribution >= 4 is 35.3 Å². The van der Waals surface area contributed by atoms with Crippen LogP contribution in [0.25, 0.3) is 6.08 Å². The van der Waals surface area contributed by atoms with E-state index in [0.29, 0.717) is 23.6 Å². The monoisotopic (exact) mass is 543 g/mol. The molecule has 2 amide bonds. The van der Waals surface area contributed by atoms with E-state index in [1.807, 2.05) is 42.5 Å². The zero-order chi connectivity index (χ0) is 27.2. The number of hydrogen-bond acceptors (Lipinski definition) is 4. The summed E-state index contributed by atoms with van der Waals surface area (Å²) >= 11 is 1.44. The fourth-order valence-corrected chi connectivity index (χ4v) is 6.02. The van der Waals surface area contributed by atoms with Crippen molar-refractivity contribution in [1.82, 2.24) is 10.2 Å². The van der Waals surface area contributed by atoms with Gasteiger partial charge in [0.25, 0.3) is 11.8 Å². The van der Waals surface area contributed by atoms with Gasteiger partial charge in [-0.1, -0.05) is 55.1 Å². The number of amides is 2. The molecule has 2 heterocycles. The summed E-state index contributed by atoms with van der Waals surface area (Å²) in [5.74, 6) is 0.340. The van der Waals surface area contributed by atoms with E-state index in [0.717, 1.165) is 53.7 Å². The smallest absolute Gasteiger partial charge is 0.265 e. The van der Waals surface area contributed by atoms with Crippen molar-refractivity contribution in [3.05, 3.63) is 100 Å². The molecule has 0 radical (unpaired) electrons. The second kappa shape index (κ2) is 12.6. The van der Waals surface area contributed by atoms with Crippen LogP contribution >= 0.6 is 11.8 Å². The van der Waals surface area contributed by atoms with Crippen LogP contribution in [-0.2, 0) is 11.3 Å². The highest BCUT2D eigenvalue weighted by Crippen LogP contribution is 2.42. The molecule has 3 aromatic carbocycles. The lowest BCUT2D eigenvalue weighted by molar-refractivity contribution is -0.114. The molecule has 2 aliphatic rings. The van der Waals surface area contributed by atoms with Gasteiger partial charge >= 0.3 is 0 Å². The third kappa shape index (κ3) is 6.97. The van der Waals surface area contributed by atoms with Gasteiger partial charge in [0.05, 0.1) is 17.1 Å². The Kier molecular flexibility index (Phi) is 8.79. The molecule has 202 valence electrons. The predicted octanol–water partition coefficient (Wildman–Crippen LogP) is 6.36. The molecule has 0 aromatic heterocycles. The van der Waals surface area contributed by atoms with Gasteiger partial charge in [-0.3, -0.25) is 9.59 Å². The highest BCUT2D eigenvalue weighted by molar-refractivity contribution is 8.04. The number of likely N-dealkylation sites (tertiary alicyclic amines) is 1. The van der Waals surface area contributed by atoms with Gasteiger partial charge in [-0.2, -0.15) is 0 Å². The van der Waals surface area contributed by atoms with E-state index in [1.165, 1.54) is 36.7 Å². The van der Waals surface area contributed by atoms with Crippen molar-refractivity contribution in [2.45, 2.75) is 37.6 Å². The van der Waals surface area contributed by atoms with Gasteiger partial charge < -0.3 is 15.1 Å². The minimum atomic E-state index is -0.301. The molecule has 1 saturated heterocycles. The van der Waals surface area contributed by atoms with Gasteiger partial charge in [0.15, 0.2) is 0 Å². The topological polar surface area (TPSA) is 52.7 Å². The molecule has 1 fully saturated rings. The number of nitrogens with one attached hydrogen (secondary N) is 1. The molecule has 1 N–H and O–H groups in total. The fourth-order valence-electron chi connectivity index (χ4n) is 4.97. The molecule has 0 aliphatic carbocycles. The lowest BCUT2D eigenvalue weighted by Crippen LogP contribution is -2.35. The van der Waals surface area contributed by atoms with Gasteiger partial charge in [0.2, 0.25) is 0 Å². The van der Waals surface area contributed by atoms with Gasteiger partial charge in [-0.15, -0.1) is 0 Å². The minimum absolute atomic E-state index is 0.0796. The molecule has 0 unspecified atom stereocenters. The largest absolute Gasteiger partial charge is 0.352 e. The van der Waals surface area contributed by atoms with Crippen LogP contribution < -0.4 is 10.2 Å². The lowest BCUT2D eigenvalue weighted by Gasteiger charge is -2.30. The summed E-state index contributed by atoms with van der Waals surface area (Å²) in [5.41, 5.74) is 3.15. The van der Waals surface area contributed by atoms with Crippen LogP contribution in [0.4, 0.5) is 10.1 Å². The van der Waals surface area contributed by atoms with Crippen molar-refractivity contribution in [3.8, 4) is 0 Å². The predicted molar refractivity (Wildman–Crippen MR) is 156 cm³/mol. The summed E-state index contributed by atoms with van der Waals surface area (Å²) in [6.45, 7) is 6.65. The Morgan fingerprint density at radius 3 is 2.49 bits per heavy atom. The van der Waals surface area contributed by atoms with E-state index in [4.69, 9.17) is 0 Å². The standard InChI is InChI=1S/C32H34FN3O2S/c1-23-15-19-35(20-16-23)18-4-17-34-31(37)26-11-7-24(8-12-26)21-30-32(38)36(22-25-9-13-27(33)14-10-25)28-5-2-3-6-29(28)39-30/h2-3,5-14,21,23H,4,15-20,22H2,1H3,(H,34,37)/b30-21-. The van der Waals surface area contributed by atoms with Gasteiger partial charge in [-0.05, 0) is 98.4 Å². The Labute approximate surface area is 234 Å². The fraction of sp³-hybridized carbons (Fsp3) is 0.312. The van der Waals surface area contributed by atoms with Gasteiger partial charge in [0, 0.05) is 17.0 Å². The van der Waals surface area contributed by atoms with E-state index >= 15 is 0 Å². The maximum Gasteiger partial charge on any atom is 0.265 e. The molecule has 0 atom stereocenters. The summed E-state index contributed by atoms with van der Waals surface area (Å²) in [4.78, 5) is 32.0. The van der Waals surface area contributed by atoms with Crippen molar-refractivity contribution in [1.29, 1.82) is 0 Å². The third-order valence-electron chi connectivity index (χ3n) is 7.37. The number of thioether (sulfide) groups is 1. The Morgan fingerprint density at radius 1 is 1.03 bits per heavy atom. The van der Waals surface area contributed by atoms with Crippen molar-refractivity contribution in [3.63, 3.8) is 0 Å². The number of para-hydroxylation sites is 1. The number of fused-ring (bicyclic) bond motifs is 1. The number of benzene rings is 3. The summed E-state index contributed by atoms with van der Waals surface area (Å²) in [6, 6.07) is 21.4. The second-order valence-corrected chi connectivity index (χ2v) is 11.4. The van der Waals surface area contributed by atoms with Crippen LogP contribution in [0.5, 0.6) is 0 Å². The number of carbonyl (C=O) groups is 2. The summed E-state index contributed by atoms with van der Waals surface area (Å²) in [5, 5.41) is 3.03. The van der Waals surface area contributed by atoms with Crippen LogP contribution in [-0.4, -0.2) is 42.9 Å². The van der Waals surface area contributed by atoms with Crippen molar-refractivity contribution in [2.75, 3.05) is 31.1 Å². The van der Waals surface area contributed by atoms with E-state index in [1.54, 1.807) is 29.2 Å². The highest BCUT2D eigenvalue weighted by Gasteiger charge is 2.29. The summed E-state index contributed by atoms with van der Waals surface area (Å²) in [6.07, 6.45) is 5.33. The molecule has 2 aliphatic heterocycles.